The minimum Gasteiger partial charge on any atom is -0.481 e. The third kappa shape index (κ3) is 4.66. The van der Waals surface area contributed by atoms with Gasteiger partial charge in [0.15, 0.2) is 11.6 Å². The number of aliphatic hydroxyl groups excluding tert-OH is 1. The van der Waals surface area contributed by atoms with Crippen molar-refractivity contribution in [3.05, 3.63) is 46.7 Å². The predicted octanol–water partition coefficient (Wildman–Crippen LogP) is 0.635. The van der Waals surface area contributed by atoms with Gasteiger partial charge in [-0.1, -0.05) is 6.07 Å². The van der Waals surface area contributed by atoms with Crippen molar-refractivity contribution in [3.63, 3.8) is 0 Å². The van der Waals surface area contributed by atoms with Crippen molar-refractivity contribution in [3.8, 4) is 0 Å². The van der Waals surface area contributed by atoms with Crippen LogP contribution < -0.4 is 10.6 Å². The van der Waals surface area contributed by atoms with Crippen LogP contribution in [0.2, 0.25) is 0 Å². The van der Waals surface area contributed by atoms with Crippen LogP contribution in [0.5, 0.6) is 0 Å². The van der Waals surface area contributed by atoms with E-state index in [1.807, 2.05) is 0 Å². The number of ether oxygens (including phenoxy) is 1. The standard InChI is InChI=1S/C17H17F2N3O7/c1-29-15(26)13-11(7-23)21-17(28)22(16(27)20-5-4-12(24)25)14(13)8-2-3-9(18)10(19)6-8/h2-3,6,14,23H,4-5,7H2,1H3,(H,20,27)(H,21,28)(H,24,25)/t14-/m0/s1. The van der Waals surface area contributed by atoms with Gasteiger partial charge in [-0.3, -0.25) is 4.79 Å². The van der Waals surface area contributed by atoms with Gasteiger partial charge in [-0.2, -0.15) is 0 Å². The van der Waals surface area contributed by atoms with Gasteiger partial charge >= 0.3 is 24.0 Å². The molecule has 4 N–H and O–H groups in total. The molecule has 0 saturated carbocycles. The van der Waals surface area contributed by atoms with E-state index in [1.165, 1.54) is 0 Å². The number of carboxylic acid groups (broad SMARTS) is 1. The zero-order valence-electron chi connectivity index (χ0n) is 15.1. The lowest BCUT2D eigenvalue weighted by Crippen LogP contribution is -2.55. The van der Waals surface area contributed by atoms with E-state index in [1.54, 1.807) is 0 Å². The van der Waals surface area contributed by atoms with Crippen LogP contribution in [0.15, 0.2) is 29.5 Å². The number of benzene rings is 1. The Morgan fingerprint density at radius 1 is 1.28 bits per heavy atom. The summed E-state index contributed by atoms with van der Waals surface area (Å²) in [5.74, 6) is -4.73. The highest BCUT2D eigenvalue weighted by Gasteiger charge is 2.43. The molecule has 156 valence electrons. The van der Waals surface area contributed by atoms with Crippen molar-refractivity contribution >= 4 is 24.0 Å². The van der Waals surface area contributed by atoms with Crippen LogP contribution in [0.3, 0.4) is 0 Å². The average Bonchev–Trinajstić information content (AvgIpc) is 2.68. The van der Waals surface area contributed by atoms with Crippen molar-refractivity contribution in [1.29, 1.82) is 0 Å². The van der Waals surface area contributed by atoms with Gasteiger partial charge in [0.25, 0.3) is 0 Å². The number of hydrogen-bond donors (Lipinski definition) is 4. The second-order valence-corrected chi connectivity index (χ2v) is 5.79. The Bertz CT molecular complexity index is 888. The average molecular weight is 413 g/mol. The van der Waals surface area contributed by atoms with Gasteiger partial charge in [0.1, 0.15) is 6.04 Å². The maximum absolute atomic E-state index is 13.8. The summed E-state index contributed by atoms with van der Waals surface area (Å²) in [6, 6.07) is -1.27. The largest absolute Gasteiger partial charge is 0.481 e. The third-order valence-corrected chi connectivity index (χ3v) is 3.99. The topological polar surface area (TPSA) is 145 Å². The molecule has 1 aliphatic rings. The number of esters is 1. The number of aliphatic carboxylic acids is 1. The molecule has 0 saturated heterocycles. The molecule has 0 radical (unpaired) electrons. The number of aliphatic hydroxyl groups is 1. The summed E-state index contributed by atoms with van der Waals surface area (Å²) in [6.07, 6.45) is -0.446. The summed E-state index contributed by atoms with van der Waals surface area (Å²) in [7, 11) is 1.01. The Kier molecular flexibility index (Phi) is 6.83. The van der Waals surface area contributed by atoms with E-state index in [4.69, 9.17) is 5.11 Å². The third-order valence-electron chi connectivity index (χ3n) is 3.99. The van der Waals surface area contributed by atoms with Crippen LogP contribution in [0.25, 0.3) is 0 Å². The van der Waals surface area contributed by atoms with E-state index >= 15 is 0 Å². The fourth-order valence-corrected chi connectivity index (χ4v) is 2.71. The Labute approximate surface area is 162 Å². The van der Waals surface area contributed by atoms with Crippen molar-refractivity contribution in [1.82, 2.24) is 15.5 Å². The smallest absolute Gasteiger partial charge is 0.338 e. The molecule has 1 aromatic carbocycles. The molecule has 2 rings (SSSR count). The van der Waals surface area contributed by atoms with E-state index in [-0.39, 0.29) is 23.4 Å². The molecule has 1 aliphatic heterocycles. The Morgan fingerprint density at radius 2 is 1.97 bits per heavy atom. The van der Waals surface area contributed by atoms with Crippen LogP contribution in [0.4, 0.5) is 18.4 Å². The Balaban J connectivity index is 2.57. The number of nitrogens with zero attached hydrogens (tertiary/aromatic N) is 1. The first-order valence-electron chi connectivity index (χ1n) is 8.18. The molecule has 0 bridgehead atoms. The summed E-state index contributed by atoms with van der Waals surface area (Å²) in [5.41, 5.74) is -0.821. The lowest BCUT2D eigenvalue weighted by Gasteiger charge is -2.36. The number of carboxylic acids is 1. The van der Waals surface area contributed by atoms with E-state index in [9.17, 15) is 33.1 Å². The SMILES string of the molecule is COC(=O)C1=C(CO)NC(=O)N(C(=O)NCCC(=O)O)[C@H]1c1ccc(F)c(F)c1. The van der Waals surface area contributed by atoms with E-state index in [2.05, 4.69) is 15.4 Å². The Hall–Kier alpha value is -3.54. The first-order valence-corrected chi connectivity index (χ1v) is 8.18. The molecule has 0 aromatic heterocycles. The van der Waals surface area contributed by atoms with E-state index < -0.39 is 54.7 Å². The van der Waals surface area contributed by atoms with Crippen LogP contribution >= 0.6 is 0 Å². The van der Waals surface area contributed by atoms with Gasteiger partial charge in [-0.25, -0.2) is 28.1 Å². The molecule has 0 unspecified atom stereocenters. The minimum atomic E-state index is -1.57. The number of urea groups is 2. The van der Waals surface area contributed by atoms with Gasteiger partial charge in [0.05, 0.1) is 31.4 Å². The summed E-state index contributed by atoms with van der Waals surface area (Å²) in [4.78, 5) is 48.4. The van der Waals surface area contributed by atoms with Crippen molar-refractivity contribution in [2.24, 2.45) is 0 Å². The highest BCUT2D eigenvalue weighted by atomic mass is 19.2. The molecule has 0 fully saturated rings. The van der Waals surface area contributed by atoms with Crippen LogP contribution in [-0.4, -0.2) is 59.4 Å². The fraction of sp³-hybridized carbons (Fsp3) is 0.294. The normalized spacial score (nSPS) is 16.3. The van der Waals surface area contributed by atoms with Crippen LogP contribution in [0, 0.1) is 11.6 Å². The van der Waals surface area contributed by atoms with Crippen LogP contribution in [0.1, 0.15) is 18.0 Å². The van der Waals surface area contributed by atoms with Gasteiger partial charge < -0.3 is 25.6 Å². The highest BCUT2D eigenvalue weighted by Crippen LogP contribution is 2.35. The molecule has 10 nitrogen and oxygen atoms in total. The molecule has 4 amide bonds. The molecular weight excluding hydrogens is 396 g/mol. The number of carbonyl (C=O) groups is 4. The van der Waals surface area contributed by atoms with Crippen molar-refractivity contribution in [2.75, 3.05) is 20.3 Å². The number of methoxy groups -OCH3 is 1. The lowest BCUT2D eigenvalue weighted by molar-refractivity contribution is -0.137. The quantitative estimate of drug-likeness (QED) is 0.501. The zero-order chi connectivity index (χ0) is 21.7. The maximum Gasteiger partial charge on any atom is 0.338 e. The molecule has 0 spiro atoms. The number of rotatable bonds is 6. The predicted molar refractivity (Wildman–Crippen MR) is 91.2 cm³/mol. The lowest BCUT2D eigenvalue weighted by atomic mass is 9.93. The fourth-order valence-electron chi connectivity index (χ4n) is 2.71. The number of hydrogen-bond acceptors (Lipinski definition) is 6. The van der Waals surface area contributed by atoms with Crippen molar-refractivity contribution in [2.45, 2.75) is 12.5 Å². The number of imide groups is 1. The summed E-state index contributed by atoms with van der Waals surface area (Å²) in [5, 5.41) is 22.5. The second kappa shape index (κ2) is 9.10. The molecule has 12 heteroatoms. The van der Waals surface area contributed by atoms with Gasteiger partial charge in [-0.15, -0.1) is 0 Å². The number of amides is 4. The molecule has 29 heavy (non-hydrogen) atoms. The van der Waals surface area contributed by atoms with Gasteiger partial charge in [-0.05, 0) is 17.7 Å². The van der Waals surface area contributed by atoms with Gasteiger partial charge in [0, 0.05) is 6.54 Å². The maximum atomic E-state index is 13.8. The number of nitrogens with one attached hydrogen (secondary N) is 2. The Morgan fingerprint density at radius 3 is 2.52 bits per heavy atom. The minimum absolute atomic E-state index is 0.154. The molecule has 0 aliphatic carbocycles. The molecule has 1 aromatic rings. The summed E-state index contributed by atoms with van der Waals surface area (Å²) in [6.45, 7) is -1.16. The van der Waals surface area contributed by atoms with Gasteiger partial charge in [0.2, 0.25) is 0 Å². The molecular formula is C17H17F2N3O7. The number of carbonyl (C=O) groups excluding carboxylic acids is 3. The monoisotopic (exact) mass is 413 g/mol. The zero-order valence-corrected chi connectivity index (χ0v) is 15.1. The first kappa shape index (κ1) is 21.8. The van der Waals surface area contributed by atoms with E-state index in [0.29, 0.717) is 11.0 Å². The second-order valence-electron chi connectivity index (χ2n) is 5.79. The first-order chi connectivity index (χ1) is 13.7. The number of halogens is 2. The summed E-state index contributed by atoms with van der Waals surface area (Å²) < 4.78 is 31.8. The van der Waals surface area contributed by atoms with E-state index in [0.717, 1.165) is 19.2 Å². The molecule has 1 heterocycles. The van der Waals surface area contributed by atoms with Crippen LogP contribution in [-0.2, 0) is 14.3 Å². The highest BCUT2D eigenvalue weighted by molar-refractivity contribution is 6.01. The summed E-state index contributed by atoms with van der Waals surface area (Å²) >= 11 is 0. The molecule has 1 atom stereocenters. The van der Waals surface area contributed by atoms with Crippen molar-refractivity contribution < 1.29 is 42.9 Å².